The van der Waals surface area contributed by atoms with Crippen molar-refractivity contribution in [2.24, 2.45) is 5.73 Å². The van der Waals surface area contributed by atoms with Crippen LogP contribution < -0.4 is 11.1 Å². The van der Waals surface area contributed by atoms with E-state index >= 15 is 0 Å². The van der Waals surface area contributed by atoms with Gasteiger partial charge in [0.05, 0.1) is 6.04 Å². The van der Waals surface area contributed by atoms with E-state index in [9.17, 15) is 4.79 Å². The number of fused-ring (bicyclic) bond motifs is 3. The summed E-state index contributed by atoms with van der Waals surface area (Å²) in [5, 5.41) is 3.00. The Balaban J connectivity index is 1.78. The molecule has 5 nitrogen and oxygen atoms in total. The SMILES string of the molecule is Cc1cc2c(cc1C)[C@@H]1C[C@H](NC(=O)OC(C)(C)C)[C@@H](N)CN1CC2. The molecule has 25 heavy (non-hydrogen) atoms. The fourth-order valence-corrected chi connectivity index (χ4v) is 3.97. The second-order valence-corrected chi connectivity index (χ2v) is 8.55. The van der Waals surface area contributed by atoms with Crippen molar-refractivity contribution in [3.63, 3.8) is 0 Å². The molecule has 1 amide bonds. The number of ether oxygens (including phenoxy) is 1. The number of piperidine rings is 1. The Bertz CT molecular complexity index is 666. The number of hydrogen-bond donors (Lipinski definition) is 2. The summed E-state index contributed by atoms with van der Waals surface area (Å²) in [6, 6.07) is 4.83. The van der Waals surface area contributed by atoms with Crippen LogP contribution in [-0.2, 0) is 11.2 Å². The molecule has 3 atom stereocenters. The number of nitrogens with one attached hydrogen (secondary N) is 1. The summed E-state index contributed by atoms with van der Waals surface area (Å²) in [5.41, 5.74) is 11.4. The first-order valence-corrected chi connectivity index (χ1v) is 9.23. The number of aryl methyl sites for hydroxylation is 2. The Morgan fingerprint density at radius 2 is 1.96 bits per heavy atom. The van der Waals surface area contributed by atoms with Crippen molar-refractivity contribution < 1.29 is 9.53 Å². The van der Waals surface area contributed by atoms with Crippen molar-refractivity contribution in [3.05, 3.63) is 34.4 Å². The molecule has 0 aromatic heterocycles. The summed E-state index contributed by atoms with van der Waals surface area (Å²) >= 11 is 0. The third kappa shape index (κ3) is 3.98. The van der Waals surface area contributed by atoms with Gasteiger partial charge in [-0.1, -0.05) is 12.1 Å². The minimum Gasteiger partial charge on any atom is -0.444 e. The minimum absolute atomic E-state index is 0.0661. The minimum atomic E-state index is -0.499. The Morgan fingerprint density at radius 1 is 1.28 bits per heavy atom. The lowest BCUT2D eigenvalue weighted by Crippen LogP contribution is -2.60. The molecular weight excluding hydrogens is 314 g/mol. The van der Waals surface area contributed by atoms with Crippen LogP contribution in [0.15, 0.2) is 12.1 Å². The maximum Gasteiger partial charge on any atom is 0.407 e. The first-order chi connectivity index (χ1) is 11.6. The van der Waals surface area contributed by atoms with Gasteiger partial charge in [0, 0.05) is 25.2 Å². The molecule has 2 aliphatic rings. The van der Waals surface area contributed by atoms with Crippen LogP contribution in [0.4, 0.5) is 4.79 Å². The van der Waals surface area contributed by atoms with Crippen LogP contribution in [0.2, 0.25) is 0 Å². The van der Waals surface area contributed by atoms with E-state index in [1.807, 2.05) is 20.8 Å². The van der Waals surface area contributed by atoms with E-state index < -0.39 is 5.60 Å². The van der Waals surface area contributed by atoms with E-state index in [4.69, 9.17) is 10.5 Å². The number of nitrogens with two attached hydrogens (primary N) is 1. The van der Waals surface area contributed by atoms with Crippen molar-refractivity contribution in [2.45, 2.75) is 71.2 Å². The Kier molecular flexibility index (Phi) is 4.82. The molecule has 0 unspecified atom stereocenters. The molecular formula is C20H31N3O2. The molecule has 2 aliphatic heterocycles. The van der Waals surface area contributed by atoms with Gasteiger partial charge < -0.3 is 15.8 Å². The van der Waals surface area contributed by atoms with Crippen LogP contribution in [0.1, 0.15) is 55.5 Å². The van der Waals surface area contributed by atoms with Crippen LogP contribution >= 0.6 is 0 Å². The number of amides is 1. The molecule has 1 fully saturated rings. The standard InChI is InChI=1S/C20H31N3O2/c1-12-8-14-6-7-23-11-16(21)17(22-19(24)25-20(3,4)5)10-18(23)15(14)9-13(12)2/h8-9,16-18H,6-7,10-11,21H2,1-5H3,(H,22,24)/t16-,17-,18-/m0/s1. The zero-order valence-electron chi connectivity index (χ0n) is 16.1. The van der Waals surface area contributed by atoms with Gasteiger partial charge in [0.2, 0.25) is 0 Å². The van der Waals surface area contributed by atoms with Gasteiger partial charge in [-0.25, -0.2) is 4.79 Å². The van der Waals surface area contributed by atoms with Crippen molar-refractivity contribution in [3.8, 4) is 0 Å². The fourth-order valence-electron chi connectivity index (χ4n) is 3.97. The highest BCUT2D eigenvalue weighted by atomic mass is 16.6. The molecule has 138 valence electrons. The van der Waals surface area contributed by atoms with Gasteiger partial charge in [0.1, 0.15) is 5.60 Å². The van der Waals surface area contributed by atoms with E-state index in [1.54, 1.807) is 0 Å². The Labute approximate surface area is 150 Å². The summed E-state index contributed by atoms with van der Waals surface area (Å²) in [4.78, 5) is 14.6. The predicted molar refractivity (Wildman–Crippen MR) is 99.7 cm³/mol. The van der Waals surface area contributed by atoms with Gasteiger partial charge in [-0.05, 0) is 69.7 Å². The van der Waals surface area contributed by atoms with E-state index in [1.165, 1.54) is 22.3 Å². The van der Waals surface area contributed by atoms with E-state index in [2.05, 4.69) is 36.2 Å². The van der Waals surface area contributed by atoms with Crippen molar-refractivity contribution in [1.29, 1.82) is 0 Å². The maximum atomic E-state index is 12.2. The third-order valence-electron chi connectivity index (χ3n) is 5.37. The molecule has 0 spiro atoms. The van der Waals surface area contributed by atoms with Crippen molar-refractivity contribution >= 4 is 6.09 Å². The topological polar surface area (TPSA) is 67.6 Å². The number of carbonyl (C=O) groups excluding carboxylic acids is 1. The second-order valence-electron chi connectivity index (χ2n) is 8.55. The summed E-state index contributed by atoms with van der Waals surface area (Å²) in [6.07, 6.45) is 1.53. The van der Waals surface area contributed by atoms with Gasteiger partial charge in [0.15, 0.2) is 0 Å². The lowest BCUT2D eigenvalue weighted by molar-refractivity contribution is 0.0417. The molecule has 3 N–H and O–H groups in total. The smallest absolute Gasteiger partial charge is 0.407 e. The van der Waals surface area contributed by atoms with Crippen LogP contribution in [0.5, 0.6) is 0 Å². The van der Waals surface area contributed by atoms with Crippen LogP contribution in [0.3, 0.4) is 0 Å². The molecule has 3 rings (SSSR count). The number of alkyl carbamates (subject to hydrolysis) is 1. The van der Waals surface area contributed by atoms with Crippen LogP contribution in [-0.4, -0.2) is 41.8 Å². The van der Waals surface area contributed by atoms with Crippen LogP contribution in [0, 0.1) is 13.8 Å². The molecule has 0 saturated carbocycles. The Morgan fingerprint density at radius 3 is 2.64 bits per heavy atom. The number of hydrogen-bond acceptors (Lipinski definition) is 4. The van der Waals surface area contributed by atoms with Gasteiger partial charge in [0.25, 0.3) is 0 Å². The first kappa shape index (κ1) is 18.2. The number of carbonyl (C=O) groups is 1. The maximum absolute atomic E-state index is 12.2. The first-order valence-electron chi connectivity index (χ1n) is 9.23. The van der Waals surface area contributed by atoms with Crippen molar-refractivity contribution in [2.75, 3.05) is 13.1 Å². The summed E-state index contributed by atoms with van der Waals surface area (Å²) in [7, 11) is 0. The average molecular weight is 345 g/mol. The largest absolute Gasteiger partial charge is 0.444 e. The number of nitrogens with zero attached hydrogens (tertiary/aromatic N) is 1. The molecule has 1 saturated heterocycles. The third-order valence-corrected chi connectivity index (χ3v) is 5.37. The lowest BCUT2D eigenvalue weighted by Gasteiger charge is -2.46. The fraction of sp³-hybridized carbons (Fsp3) is 0.650. The normalized spacial score (nSPS) is 26.6. The molecule has 0 aliphatic carbocycles. The molecule has 2 heterocycles. The molecule has 0 radical (unpaired) electrons. The van der Waals surface area contributed by atoms with E-state index in [-0.39, 0.29) is 18.2 Å². The number of rotatable bonds is 1. The van der Waals surface area contributed by atoms with Crippen LogP contribution in [0.25, 0.3) is 0 Å². The zero-order valence-corrected chi connectivity index (χ0v) is 16.1. The van der Waals surface area contributed by atoms with E-state index in [0.29, 0.717) is 6.04 Å². The molecule has 1 aromatic rings. The molecule has 1 aromatic carbocycles. The van der Waals surface area contributed by atoms with Gasteiger partial charge in [-0.2, -0.15) is 0 Å². The lowest BCUT2D eigenvalue weighted by atomic mass is 9.82. The highest BCUT2D eigenvalue weighted by Gasteiger charge is 2.38. The van der Waals surface area contributed by atoms with Gasteiger partial charge in [-0.3, -0.25) is 4.90 Å². The highest BCUT2D eigenvalue weighted by Crippen LogP contribution is 2.37. The predicted octanol–water partition coefficient (Wildman–Crippen LogP) is 2.83. The average Bonchev–Trinajstić information content (AvgIpc) is 2.48. The number of benzene rings is 1. The summed E-state index contributed by atoms with van der Waals surface area (Å²) in [5.74, 6) is 0. The quantitative estimate of drug-likeness (QED) is 0.821. The zero-order chi connectivity index (χ0) is 18.4. The van der Waals surface area contributed by atoms with E-state index in [0.717, 1.165) is 25.9 Å². The summed E-state index contributed by atoms with van der Waals surface area (Å²) < 4.78 is 5.41. The molecule has 0 bridgehead atoms. The van der Waals surface area contributed by atoms with Crippen molar-refractivity contribution in [1.82, 2.24) is 10.2 Å². The Hall–Kier alpha value is -1.59. The highest BCUT2D eigenvalue weighted by molar-refractivity contribution is 5.68. The van der Waals surface area contributed by atoms with Gasteiger partial charge >= 0.3 is 6.09 Å². The summed E-state index contributed by atoms with van der Waals surface area (Å²) in [6.45, 7) is 11.8. The second kappa shape index (κ2) is 6.61. The molecule has 5 heteroatoms. The monoisotopic (exact) mass is 345 g/mol. The van der Waals surface area contributed by atoms with Gasteiger partial charge in [-0.15, -0.1) is 0 Å².